The van der Waals surface area contributed by atoms with Crippen LogP contribution in [0.5, 0.6) is 11.5 Å². The number of sulfonamides is 1. The van der Waals surface area contributed by atoms with Crippen molar-refractivity contribution in [1.29, 1.82) is 0 Å². The second-order valence-electron chi connectivity index (χ2n) is 4.97. The molecule has 0 saturated heterocycles. The Kier molecular flexibility index (Phi) is 5.94. The zero-order chi connectivity index (χ0) is 18.4. The van der Waals surface area contributed by atoms with Crippen LogP contribution in [0.25, 0.3) is 0 Å². The first-order valence-corrected chi connectivity index (χ1v) is 8.90. The van der Waals surface area contributed by atoms with E-state index < -0.39 is 20.6 Å². The Hall–Kier alpha value is -2.65. The third-order valence-corrected chi connectivity index (χ3v) is 4.79. The first-order valence-electron chi connectivity index (χ1n) is 7.42. The number of nitro benzene ring substituents is 1. The maximum atomic E-state index is 12.4. The van der Waals surface area contributed by atoms with Crippen molar-refractivity contribution in [2.75, 3.05) is 13.7 Å². The van der Waals surface area contributed by atoms with E-state index in [4.69, 9.17) is 9.47 Å². The van der Waals surface area contributed by atoms with Gasteiger partial charge in [0.1, 0.15) is 0 Å². The fraction of sp³-hybridized carbons (Fsp3) is 0.250. The van der Waals surface area contributed by atoms with Gasteiger partial charge in [-0.25, -0.2) is 13.1 Å². The number of methoxy groups -OCH3 is 1. The summed E-state index contributed by atoms with van der Waals surface area (Å²) in [7, 11) is -2.53. The van der Waals surface area contributed by atoms with Gasteiger partial charge in [0.2, 0.25) is 10.0 Å². The van der Waals surface area contributed by atoms with Gasteiger partial charge in [0.25, 0.3) is 5.69 Å². The number of hydrogen-bond acceptors (Lipinski definition) is 6. The molecule has 2 aromatic carbocycles. The smallest absolute Gasteiger partial charge is 0.289 e. The largest absolute Gasteiger partial charge is 0.493 e. The van der Waals surface area contributed by atoms with Crippen LogP contribution in [-0.4, -0.2) is 27.1 Å². The molecule has 0 aromatic heterocycles. The Balaban J connectivity index is 2.23. The van der Waals surface area contributed by atoms with Crippen LogP contribution in [0.1, 0.15) is 12.5 Å². The molecule has 1 N–H and O–H groups in total. The molecule has 2 rings (SSSR count). The lowest BCUT2D eigenvalue weighted by atomic mass is 10.2. The normalized spacial score (nSPS) is 11.1. The molecule has 0 aliphatic carbocycles. The van der Waals surface area contributed by atoms with E-state index >= 15 is 0 Å². The number of rotatable bonds is 8. The number of benzene rings is 2. The summed E-state index contributed by atoms with van der Waals surface area (Å²) in [6.45, 7) is 2.21. The predicted octanol–water partition coefficient (Wildman–Crippen LogP) is 2.48. The molecule has 0 saturated carbocycles. The van der Waals surface area contributed by atoms with Crippen molar-refractivity contribution < 1.29 is 22.8 Å². The molecule has 8 nitrogen and oxygen atoms in total. The van der Waals surface area contributed by atoms with E-state index in [2.05, 4.69) is 4.72 Å². The summed E-state index contributed by atoms with van der Waals surface area (Å²) in [6.07, 6.45) is 0. The molecule has 134 valence electrons. The molecule has 25 heavy (non-hydrogen) atoms. The molecule has 0 heterocycles. The highest BCUT2D eigenvalue weighted by atomic mass is 32.2. The molecule has 0 radical (unpaired) electrons. The number of nitrogens with one attached hydrogen (secondary N) is 1. The van der Waals surface area contributed by atoms with Crippen molar-refractivity contribution in [1.82, 2.24) is 4.72 Å². The third kappa shape index (κ3) is 4.46. The van der Waals surface area contributed by atoms with Gasteiger partial charge >= 0.3 is 0 Å². The predicted molar refractivity (Wildman–Crippen MR) is 91.3 cm³/mol. The Morgan fingerprint density at radius 1 is 1.16 bits per heavy atom. The maximum absolute atomic E-state index is 12.4. The minimum Gasteiger partial charge on any atom is -0.493 e. The number of nitro groups is 1. The van der Waals surface area contributed by atoms with Crippen molar-refractivity contribution in [2.45, 2.75) is 18.4 Å². The average molecular weight is 366 g/mol. The summed E-state index contributed by atoms with van der Waals surface area (Å²) in [5.74, 6) is 1.03. The van der Waals surface area contributed by atoms with Crippen molar-refractivity contribution in [2.24, 2.45) is 0 Å². The van der Waals surface area contributed by atoms with Crippen molar-refractivity contribution >= 4 is 15.7 Å². The number of nitrogens with zero attached hydrogens (tertiary/aromatic N) is 1. The van der Waals surface area contributed by atoms with Gasteiger partial charge in [0, 0.05) is 12.6 Å². The first kappa shape index (κ1) is 18.7. The standard InChI is InChI=1S/C16H18N2O6S/c1-3-24-15-10-12(8-9-14(15)23-2)11-17-25(21,22)16-7-5-4-6-13(16)18(19)20/h4-10,17H,3,11H2,1-2H3. The second-order valence-corrected chi connectivity index (χ2v) is 6.70. The molecule has 0 aliphatic heterocycles. The molecule has 2 aromatic rings. The van der Waals surface area contributed by atoms with Gasteiger partial charge < -0.3 is 9.47 Å². The fourth-order valence-corrected chi connectivity index (χ4v) is 3.38. The Morgan fingerprint density at radius 3 is 2.52 bits per heavy atom. The van der Waals surface area contributed by atoms with Crippen LogP contribution in [0.4, 0.5) is 5.69 Å². The highest BCUT2D eigenvalue weighted by Crippen LogP contribution is 2.28. The molecular weight excluding hydrogens is 348 g/mol. The molecule has 0 bridgehead atoms. The van der Waals surface area contributed by atoms with E-state index in [1.54, 1.807) is 18.2 Å². The molecule has 9 heteroatoms. The lowest BCUT2D eigenvalue weighted by molar-refractivity contribution is -0.387. The minimum atomic E-state index is -4.04. The lowest BCUT2D eigenvalue weighted by Gasteiger charge is -2.12. The summed E-state index contributed by atoms with van der Waals surface area (Å²) in [6, 6.07) is 10.2. The summed E-state index contributed by atoms with van der Waals surface area (Å²) in [5, 5.41) is 11.0. The highest BCUT2D eigenvalue weighted by molar-refractivity contribution is 7.89. The van der Waals surface area contributed by atoms with Crippen LogP contribution < -0.4 is 14.2 Å². The third-order valence-electron chi connectivity index (χ3n) is 3.35. The van der Waals surface area contributed by atoms with Gasteiger partial charge in [0.15, 0.2) is 16.4 Å². The van der Waals surface area contributed by atoms with Crippen LogP contribution in [-0.2, 0) is 16.6 Å². The van der Waals surface area contributed by atoms with E-state index in [-0.39, 0.29) is 11.4 Å². The average Bonchev–Trinajstić information content (AvgIpc) is 2.60. The van der Waals surface area contributed by atoms with Gasteiger partial charge in [0.05, 0.1) is 18.6 Å². The van der Waals surface area contributed by atoms with Gasteiger partial charge in [-0.1, -0.05) is 18.2 Å². The zero-order valence-corrected chi connectivity index (χ0v) is 14.6. The fourth-order valence-electron chi connectivity index (χ4n) is 2.19. The Labute approximate surface area is 145 Å². The summed E-state index contributed by atoms with van der Waals surface area (Å²) in [4.78, 5) is 9.91. The first-order chi connectivity index (χ1) is 11.9. The van der Waals surface area contributed by atoms with Gasteiger partial charge in [-0.05, 0) is 30.7 Å². The molecule has 0 atom stereocenters. The van der Waals surface area contributed by atoms with Crippen LogP contribution in [0.15, 0.2) is 47.4 Å². The number of para-hydroxylation sites is 1. The molecule has 0 spiro atoms. The molecule has 0 aliphatic rings. The molecule has 0 fully saturated rings. The molecular formula is C16H18N2O6S. The molecule has 0 unspecified atom stereocenters. The van der Waals surface area contributed by atoms with Gasteiger partial charge in [-0.3, -0.25) is 10.1 Å². The van der Waals surface area contributed by atoms with Crippen LogP contribution in [0.2, 0.25) is 0 Å². The maximum Gasteiger partial charge on any atom is 0.289 e. The van der Waals surface area contributed by atoms with E-state index in [9.17, 15) is 18.5 Å². The van der Waals surface area contributed by atoms with E-state index in [0.29, 0.717) is 23.7 Å². The number of ether oxygens (including phenoxy) is 2. The van der Waals surface area contributed by atoms with Gasteiger partial charge in [-0.15, -0.1) is 0 Å². The van der Waals surface area contributed by atoms with Crippen molar-refractivity contribution in [3.05, 3.63) is 58.1 Å². The van der Waals surface area contributed by atoms with E-state index in [1.807, 2.05) is 6.92 Å². The Bertz CT molecular complexity index is 867. The quantitative estimate of drug-likeness (QED) is 0.568. The zero-order valence-electron chi connectivity index (χ0n) is 13.8. The van der Waals surface area contributed by atoms with E-state index in [0.717, 1.165) is 6.07 Å². The summed E-state index contributed by atoms with van der Waals surface area (Å²) >= 11 is 0. The second kappa shape index (κ2) is 7.95. The molecule has 0 amide bonds. The monoisotopic (exact) mass is 366 g/mol. The van der Waals surface area contributed by atoms with Crippen LogP contribution >= 0.6 is 0 Å². The number of hydrogen-bond donors (Lipinski definition) is 1. The van der Waals surface area contributed by atoms with Crippen LogP contribution in [0, 0.1) is 10.1 Å². The SMILES string of the molecule is CCOc1cc(CNS(=O)(=O)c2ccccc2[N+](=O)[O-])ccc1OC. The summed E-state index contributed by atoms with van der Waals surface area (Å²) < 4.78 is 37.8. The Morgan fingerprint density at radius 2 is 1.88 bits per heavy atom. The van der Waals surface area contributed by atoms with Crippen LogP contribution in [0.3, 0.4) is 0 Å². The van der Waals surface area contributed by atoms with Crippen molar-refractivity contribution in [3.8, 4) is 11.5 Å². The lowest BCUT2D eigenvalue weighted by Crippen LogP contribution is -2.24. The summed E-state index contributed by atoms with van der Waals surface area (Å²) in [5.41, 5.74) is 0.158. The minimum absolute atomic E-state index is 0.0432. The van der Waals surface area contributed by atoms with Crippen molar-refractivity contribution in [3.63, 3.8) is 0 Å². The topological polar surface area (TPSA) is 108 Å². The van der Waals surface area contributed by atoms with Gasteiger partial charge in [-0.2, -0.15) is 0 Å². The van der Waals surface area contributed by atoms with E-state index in [1.165, 1.54) is 25.3 Å². The highest BCUT2D eigenvalue weighted by Gasteiger charge is 2.24.